The zero-order chi connectivity index (χ0) is 14.3. The van der Waals surface area contributed by atoms with E-state index in [-0.39, 0.29) is 12.6 Å². The van der Waals surface area contributed by atoms with Crippen molar-refractivity contribution < 1.29 is 14.7 Å². The van der Waals surface area contributed by atoms with E-state index in [1.165, 1.54) is 0 Å². The Morgan fingerprint density at radius 3 is 2.53 bits per heavy atom. The lowest BCUT2D eigenvalue weighted by Crippen LogP contribution is -2.48. The maximum Gasteiger partial charge on any atom is 0.309 e. The Morgan fingerprint density at radius 2 is 1.95 bits per heavy atom. The third-order valence-electron chi connectivity index (χ3n) is 3.37. The van der Waals surface area contributed by atoms with Crippen LogP contribution in [0.5, 0.6) is 0 Å². The van der Waals surface area contributed by atoms with Gasteiger partial charge in [0.25, 0.3) is 0 Å². The molecule has 6 heteroatoms. The Balaban J connectivity index is 2.27. The Hall–Kier alpha value is -0.750. The highest BCUT2D eigenvalue weighted by Crippen LogP contribution is 2.17. The van der Waals surface area contributed by atoms with E-state index in [2.05, 4.69) is 10.6 Å². The second kappa shape index (κ2) is 7.75. The van der Waals surface area contributed by atoms with E-state index >= 15 is 0 Å². The van der Waals surface area contributed by atoms with Crippen molar-refractivity contribution in [3.63, 3.8) is 0 Å². The van der Waals surface area contributed by atoms with E-state index in [9.17, 15) is 14.7 Å². The lowest BCUT2D eigenvalue weighted by atomic mass is 10.0. The van der Waals surface area contributed by atoms with Gasteiger partial charge in [0, 0.05) is 12.6 Å². The monoisotopic (exact) mass is 288 g/mol. The van der Waals surface area contributed by atoms with Crippen molar-refractivity contribution in [2.75, 3.05) is 18.6 Å². The first-order chi connectivity index (χ1) is 8.94. The minimum absolute atomic E-state index is 0.102. The molecular formula is C13H24N2O3S. The quantitative estimate of drug-likeness (QED) is 0.628. The molecule has 0 radical (unpaired) electrons. The van der Waals surface area contributed by atoms with E-state index in [4.69, 9.17) is 0 Å². The van der Waals surface area contributed by atoms with Crippen molar-refractivity contribution >= 4 is 23.6 Å². The minimum Gasteiger partial charge on any atom is -0.388 e. The van der Waals surface area contributed by atoms with E-state index in [1.54, 1.807) is 18.7 Å². The summed E-state index contributed by atoms with van der Waals surface area (Å²) in [5.41, 5.74) is -0.966. The van der Waals surface area contributed by atoms with Crippen LogP contribution in [-0.2, 0) is 9.59 Å². The van der Waals surface area contributed by atoms with E-state index in [0.717, 1.165) is 31.4 Å². The van der Waals surface area contributed by atoms with Crippen LogP contribution in [0.1, 0.15) is 39.0 Å². The Labute approximate surface area is 118 Å². The van der Waals surface area contributed by atoms with Gasteiger partial charge >= 0.3 is 11.8 Å². The largest absolute Gasteiger partial charge is 0.388 e. The summed E-state index contributed by atoms with van der Waals surface area (Å²) in [6.45, 7) is 1.77. The normalized spacial score (nSPS) is 18.9. The molecular weight excluding hydrogens is 264 g/mol. The second-order valence-corrected chi connectivity index (χ2v) is 6.36. The fourth-order valence-electron chi connectivity index (χ4n) is 2.08. The van der Waals surface area contributed by atoms with Gasteiger partial charge in [0.05, 0.1) is 5.60 Å². The summed E-state index contributed by atoms with van der Waals surface area (Å²) in [5.74, 6) is -0.430. The average molecular weight is 288 g/mol. The molecule has 1 aliphatic carbocycles. The molecule has 1 rings (SSSR count). The van der Waals surface area contributed by atoms with Crippen LogP contribution in [0.15, 0.2) is 0 Å². The molecule has 0 bridgehead atoms. The van der Waals surface area contributed by atoms with Crippen molar-refractivity contribution in [2.24, 2.45) is 0 Å². The molecule has 0 spiro atoms. The average Bonchev–Trinajstić information content (AvgIpc) is 2.86. The molecule has 0 heterocycles. The first kappa shape index (κ1) is 16.3. The van der Waals surface area contributed by atoms with Crippen molar-refractivity contribution in [2.45, 2.75) is 50.7 Å². The molecule has 0 unspecified atom stereocenters. The molecule has 0 aromatic carbocycles. The van der Waals surface area contributed by atoms with Gasteiger partial charge in [-0.2, -0.15) is 11.8 Å². The van der Waals surface area contributed by atoms with Gasteiger partial charge in [0.1, 0.15) is 0 Å². The SMILES string of the molecule is CSCC[C@](C)(O)CNC(=O)C(=O)NC1CCCC1. The lowest BCUT2D eigenvalue weighted by Gasteiger charge is -2.23. The third-order valence-corrected chi connectivity index (χ3v) is 3.98. The van der Waals surface area contributed by atoms with Crippen LogP contribution in [0, 0.1) is 0 Å². The topological polar surface area (TPSA) is 78.4 Å². The van der Waals surface area contributed by atoms with Gasteiger partial charge in [0.2, 0.25) is 0 Å². The summed E-state index contributed by atoms with van der Waals surface area (Å²) in [5, 5.41) is 15.2. The fraction of sp³-hybridized carbons (Fsp3) is 0.846. The number of rotatable bonds is 6. The maximum atomic E-state index is 11.6. The zero-order valence-corrected chi connectivity index (χ0v) is 12.5. The third kappa shape index (κ3) is 6.29. The van der Waals surface area contributed by atoms with Crippen molar-refractivity contribution in [3.8, 4) is 0 Å². The minimum atomic E-state index is -0.966. The summed E-state index contributed by atoms with van der Waals surface area (Å²) >= 11 is 1.64. The summed E-state index contributed by atoms with van der Waals surface area (Å²) in [4.78, 5) is 23.2. The highest BCUT2D eigenvalue weighted by Gasteiger charge is 2.24. The number of hydrogen-bond acceptors (Lipinski definition) is 4. The summed E-state index contributed by atoms with van der Waals surface area (Å²) in [6, 6.07) is 0.134. The molecule has 1 atom stereocenters. The number of thioether (sulfide) groups is 1. The molecule has 3 N–H and O–H groups in total. The van der Waals surface area contributed by atoms with Crippen LogP contribution < -0.4 is 10.6 Å². The standard InChI is InChI=1S/C13H24N2O3S/c1-13(18,7-8-19-2)9-14-11(16)12(17)15-10-5-3-4-6-10/h10,18H,3-9H2,1-2H3,(H,14,16)(H,15,17)/t13-/m0/s1. The highest BCUT2D eigenvalue weighted by molar-refractivity contribution is 7.98. The number of carbonyl (C=O) groups is 2. The van der Waals surface area contributed by atoms with Crippen molar-refractivity contribution in [1.29, 1.82) is 0 Å². The molecule has 19 heavy (non-hydrogen) atoms. The predicted octanol–water partition coefficient (Wildman–Crippen LogP) is 0.665. The van der Waals surface area contributed by atoms with Crippen LogP contribution in [0.4, 0.5) is 0 Å². The van der Waals surface area contributed by atoms with E-state index in [1.807, 2.05) is 6.26 Å². The molecule has 1 saturated carbocycles. The van der Waals surface area contributed by atoms with Crippen LogP contribution in [0.25, 0.3) is 0 Å². The number of nitrogens with one attached hydrogen (secondary N) is 2. The number of hydrogen-bond donors (Lipinski definition) is 3. The van der Waals surface area contributed by atoms with Gasteiger partial charge in [0.15, 0.2) is 0 Å². The van der Waals surface area contributed by atoms with Gasteiger partial charge in [-0.05, 0) is 38.2 Å². The molecule has 0 aromatic heterocycles. The molecule has 5 nitrogen and oxygen atoms in total. The van der Waals surface area contributed by atoms with Gasteiger partial charge in [-0.25, -0.2) is 0 Å². The molecule has 1 fully saturated rings. The van der Waals surface area contributed by atoms with Gasteiger partial charge in [-0.15, -0.1) is 0 Å². The second-order valence-electron chi connectivity index (χ2n) is 5.38. The predicted molar refractivity (Wildman–Crippen MR) is 77.0 cm³/mol. The van der Waals surface area contributed by atoms with Crippen LogP contribution in [-0.4, -0.2) is 47.1 Å². The van der Waals surface area contributed by atoms with Crippen LogP contribution in [0.2, 0.25) is 0 Å². The van der Waals surface area contributed by atoms with E-state index < -0.39 is 17.4 Å². The highest BCUT2D eigenvalue weighted by atomic mass is 32.2. The number of amides is 2. The van der Waals surface area contributed by atoms with Gasteiger partial charge in [-0.3, -0.25) is 9.59 Å². The molecule has 0 saturated heterocycles. The summed E-state index contributed by atoms with van der Waals surface area (Å²) < 4.78 is 0. The number of aliphatic hydroxyl groups is 1. The Kier molecular flexibility index (Phi) is 6.65. The molecule has 0 aliphatic heterocycles. The van der Waals surface area contributed by atoms with Crippen molar-refractivity contribution in [3.05, 3.63) is 0 Å². The van der Waals surface area contributed by atoms with Crippen molar-refractivity contribution in [1.82, 2.24) is 10.6 Å². The molecule has 2 amide bonds. The van der Waals surface area contributed by atoms with Gasteiger partial charge < -0.3 is 15.7 Å². The summed E-state index contributed by atoms with van der Waals surface area (Å²) in [7, 11) is 0. The fourth-order valence-corrected chi connectivity index (χ4v) is 2.73. The smallest absolute Gasteiger partial charge is 0.309 e. The lowest BCUT2D eigenvalue weighted by molar-refractivity contribution is -0.140. The number of carbonyl (C=O) groups excluding carboxylic acids is 2. The molecule has 0 aromatic rings. The molecule has 1 aliphatic rings. The summed E-state index contributed by atoms with van der Waals surface area (Å²) in [6.07, 6.45) is 6.66. The van der Waals surface area contributed by atoms with Crippen LogP contribution >= 0.6 is 11.8 Å². The van der Waals surface area contributed by atoms with Gasteiger partial charge in [-0.1, -0.05) is 12.8 Å². The zero-order valence-electron chi connectivity index (χ0n) is 11.7. The van der Waals surface area contributed by atoms with Crippen LogP contribution in [0.3, 0.4) is 0 Å². The Morgan fingerprint density at radius 1 is 1.32 bits per heavy atom. The first-order valence-electron chi connectivity index (χ1n) is 6.74. The van der Waals surface area contributed by atoms with E-state index in [0.29, 0.717) is 6.42 Å². The maximum absolute atomic E-state index is 11.6. The molecule has 110 valence electrons. The first-order valence-corrected chi connectivity index (χ1v) is 8.14. The Bertz CT molecular complexity index is 315.